The molecule has 2 amide bonds. The van der Waals surface area contributed by atoms with Gasteiger partial charge in [0.2, 0.25) is 6.79 Å². The van der Waals surface area contributed by atoms with E-state index in [1.807, 2.05) is 5.43 Å². The minimum atomic E-state index is -0.650. The molecule has 0 saturated carbocycles. The van der Waals surface area contributed by atoms with Crippen LogP contribution in [0.15, 0.2) is 46.7 Å². The van der Waals surface area contributed by atoms with Crippen LogP contribution in [0, 0.1) is 0 Å². The summed E-state index contributed by atoms with van der Waals surface area (Å²) in [5.41, 5.74) is 2.58. The number of hydrogen-bond donors (Lipinski definition) is 3. The molecule has 0 fully saturated rings. The van der Waals surface area contributed by atoms with E-state index < -0.39 is 11.8 Å². The van der Waals surface area contributed by atoms with Crippen LogP contribution in [0.2, 0.25) is 0 Å². The molecule has 2 heterocycles. The van der Waals surface area contributed by atoms with Crippen molar-refractivity contribution in [3.8, 4) is 11.5 Å². The van der Waals surface area contributed by atoms with Gasteiger partial charge in [0.25, 0.3) is 11.8 Å². The van der Waals surface area contributed by atoms with Crippen LogP contribution in [-0.4, -0.2) is 18.6 Å². The summed E-state index contributed by atoms with van der Waals surface area (Å²) in [6.07, 6.45) is 2.82. The van der Waals surface area contributed by atoms with Gasteiger partial charge in [-0.3, -0.25) is 15.0 Å². The zero-order valence-corrected chi connectivity index (χ0v) is 11.9. The Labute approximate surface area is 130 Å². The average Bonchev–Trinajstić information content (AvgIpc) is 3.24. The van der Waals surface area contributed by atoms with Crippen molar-refractivity contribution in [1.29, 1.82) is 0 Å². The monoisotopic (exact) mass is 315 g/mol. The standard InChI is InChI=1S/C15H13N3O5/c16-18-14(19)10(17-15(20)12-2-1-5-21-12)6-9-3-4-11-13(7-9)23-8-22-11/h1-7H,8,16H2,(H,17,20)(H,18,19)/b10-6-. The highest BCUT2D eigenvalue weighted by atomic mass is 16.7. The SMILES string of the molecule is NNC(=O)/C(=C/c1ccc2c(c1)OCO2)NC(=O)c1ccco1. The van der Waals surface area contributed by atoms with Crippen LogP contribution in [0.3, 0.4) is 0 Å². The Kier molecular flexibility index (Phi) is 3.98. The molecule has 1 aromatic heterocycles. The van der Waals surface area contributed by atoms with Gasteiger partial charge in [-0.15, -0.1) is 0 Å². The highest BCUT2D eigenvalue weighted by molar-refractivity contribution is 6.04. The van der Waals surface area contributed by atoms with Gasteiger partial charge in [-0.2, -0.15) is 0 Å². The molecule has 0 bridgehead atoms. The van der Waals surface area contributed by atoms with Gasteiger partial charge in [-0.05, 0) is 35.9 Å². The third kappa shape index (κ3) is 3.16. The van der Waals surface area contributed by atoms with E-state index in [4.69, 9.17) is 19.7 Å². The number of hydrogen-bond acceptors (Lipinski definition) is 6. The van der Waals surface area contributed by atoms with E-state index in [2.05, 4.69) is 5.32 Å². The molecule has 8 heteroatoms. The number of carbonyl (C=O) groups is 2. The summed E-state index contributed by atoms with van der Waals surface area (Å²) in [6, 6.07) is 8.16. The first-order valence-electron chi connectivity index (χ1n) is 6.64. The molecule has 0 unspecified atom stereocenters. The fourth-order valence-electron chi connectivity index (χ4n) is 2.00. The smallest absolute Gasteiger partial charge is 0.291 e. The molecule has 2 aromatic rings. The van der Waals surface area contributed by atoms with Crippen LogP contribution < -0.4 is 26.1 Å². The summed E-state index contributed by atoms with van der Waals surface area (Å²) in [5.74, 6) is 5.19. The molecule has 0 saturated heterocycles. The number of ether oxygens (including phenoxy) is 2. The Balaban J connectivity index is 1.86. The summed E-state index contributed by atoms with van der Waals surface area (Å²) in [6.45, 7) is 0.147. The molecule has 1 aliphatic rings. The Hall–Kier alpha value is -3.26. The highest BCUT2D eigenvalue weighted by Crippen LogP contribution is 2.33. The van der Waals surface area contributed by atoms with Gasteiger partial charge in [0.1, 0.15) is 5.70 Å². The Morgan fingerprint density at radius 1 is 1.17 bits per heavy atom. The second kappa shape index (κ2) is 6.24. The van der Waals surface area contributed by atoms with Crippen LogP contribution >= 0.6 is 0 Å². The lowest BCUT2D eigenvalue weighted by Gasteiger charge is -2.08. The second-order valence-electron chi connectivity index (χ2n) is 4.58. The first kappa shape index (κ1) is 14.7. The van der Waals surface area contributed by atoms with Crippen molar-refractivity contribution in [2.24, 2.45) is 5.84 Å². The number of carbonyl (C=O) groups excluding carboxylic acids is 2. The lowest BCUT2D eigenvalue weighted by atomic mass is 10.1. The van der Waals surface area contributed by atoms with Crippen LogP contribution in [0.25, 0.3) is 6.08 Å². The highest BCUT2D eigenvalue weighted by Gasteiger charge is 2.17. The molecule has 1 aromatic carbocycles. The maximum Gasteiger partial charge on any atom is 0.291 e. The fraction of sp³-hybridized carbons (Fsp3) is 0.0667. The van der Waals surface area contributed by atoms with E-state index in [0.29, 0.717) is 17.1 Å². The Morgan fingerprint density at radius 3 is 2.74 bits per heavy atom. The van der Waals surface area contributed by atoms with Crippen molar-refractivity contribution in [2.75, 3.05) is 6.79 Å². The molecule has 0 atom stereocenters. The van der Waals surface area contributed by atoms with Crippen LogP contribution in [0.1, 0.15) is 16.1 Å². The summed E-state index contributed by atoms with van der Waals surface area (Å²) in [7, 11) is 0. The number of nitrogens with two attached hydrogens (primary N) is 1. The topological polar surface area (TPSA) is 116 Å². The first-order chi connectivity index (χ1) is 11.2. The van der Waals surface area contributed by atoms with Crippen molar-refractivity contribution in [3.63, 3.8) is 0 Å². The quantitative estimate of drug-likeness (QED) is 0.332. The van der Waals surface area contributed by atoms with Gasteiger partial charge in [0.05, 0.1) is 6.26 Å². The average molecular weight is 315 g/mol. The summed E-state index contributed by atoms with van der Waals surface area (Å²) >= 11 is 0. The summed E-state index contributed by atoms with van der Waals surface area (Å²) in [5, 5.41) is 2.45. The van der Waals surface area contributed by atoms with Crippen molar-refractivity contribution >= 4 is 17.9 Å². The third-order valence-electron chi connectivity index (χ3n) is 3.08. The number of hydrazine groups is 1. The molecule has 0 aliphatic carbocycles. The zero-order valence-electron chi connectivity index (χ0n) is 11.9. The lowest BCUT2D eigenvalue weighted by Crippen LogP contribution is -2.38. The van der Waals surface area contributed by atoms with E-state index in [0.717, 1.165) is 0 Å². The maximum atomic E-state index is 12.0. The van der Waals surface area contributed by atoms with Gasteiger partial charge < -0.3 is 19.2 Å². The lowest BCUT2D eigenvalue weighted by molar-refractivity contribution is -0.117. The first-order valence-corrected chi connectivity index (χ1v) is 6.64. The van der Waals surface area contributed by atoms with Gasteiger partial charge in [0.15, 0.2) is 17.3 Å². The predicted molar refractivity (Wildman–Crippen MR) is 79.0 cm³/mol. The van der Waals surface area contributed by atoms with Gasteiger partial charge in [-0.25, -0.2) is 5.84 Å². The molecule has 0 radical (unpaired) electrons. The molecule has 118 valence electrons. The third-order valence-corrected chi connectivity index (χ3v) is 3.08. The van der Waals surface area contributed by atoms with Crippen LogP contribution in [0.4, 0.5) is 0 Å². The molecule has 4 N–H and O–H groups in total. The Morgan fingerprint density at radius 2 is 2.00 bits per heavy atom. The molecule has 3 rings (SSSR count). The predicted octanol–water partition coefficient (Wildman–Crippen LogP) is 0.769. The largest absolute Gasteiger partial charge is 0.459 e. The van der Waals surface area contributed by atoms with Crippen molar-refractivity contribution in [1.82, 2.24) is 10.7 Å². The molecular weight excluding hydrogens is 302 g/mol. The summed E-state index contributed by atoms with van der Waals surface area (Å²) < 4.78 is 15.5. The van der Waals surface area contributed by atoms with Gasteiger partial charge in [0, 0.05) is 0 Å². The van der Waals surface area contributed by atoms with Crippen LogP contribution in [0.5, 0.6) is 11.5 Å². The minimum absolute atomic E-state index is 0.0345. The number of amides is 2. The minimum Gasteiger partial charge on any atom is -0.459 e. The Bertz CT molecular complexity index is 767. The van der Waals surface area contributed by atoms with Gasteiger partial charge >= 0.3 is 0 Å². The van der Waals surface area contributed by atoms with E-state index >= 15 is 0 Å². The number of fused-ring (bicyclic) bond motifs is 1. The van der Waals surface area contributed by atoms with E-state index in [1.54, 1.807) is 24.3 Å². The van der Waals surface area contributed by atoms with Crippen molar-refractivity contribution in [2.45, 2.75) is 0 Å². The van der Waals surface area contributed by atoms with Crippen molar-refractivity contribution < 1.29 is 23.5 Å². The van der Waals surface area contributed by atoms with Gasteiger partial charge in [-0.1, -0.05) is 6.07 Å². The number of furan rings is 1. The second-order valence-corrected chi connectivity index (χ2v) is 4.58. The molecule has 1 aliphatic heterocycles. The van der Waals surface area contributed by atoms with E-state index in [9.17, 15) is 9.59 Å². The zero-order chi connectivity index (χ0) is 16.2. The molecular formula is C15H13N3O5. The molecule has 23 heavy (non-hydrogen) atoms. The molecule has 0 spiro atoms. The molecule has 8 nitrogen and oxygen atoms in total. The normalized spacial score (nSPS) is 12.8. The number of nitrogens with one attached hydrogen (secondary N) is 2. The summed E-state index contributed by atoms with van der Waals surface area (Å²) in [4.78, 5) is 23.9. The van der Waals surface area contributed by atoms with Crippen molar-refractivity contribution in [3.05, 3.63) is 53.6 Å². The fourth-order valence-corrected chi connectivity index (χ4v) is 2.00. The van der Waals surface area contributed by atoms with E-state index in [1.165, 1.54) is 18.4 Å². The van der Waals surface area contributed by atoms with Crippen LogP contribution in [-0.2, 0) is 4.79 Å². The number of benzene rings is 1. The maximum absolute atomic E-state index is 12.0. The number of rotatable bonds is 4. The van der Waals surface area contributed by atoms with E-state index in [-0.39, 0.29) is 18.3 Å².